The van der Waals surface area contributed by atoms with Crippen molar-refractivity contribution in [3.05, 3.63) is 0 Å². The van der Waals surface area contributed by atoms with Crippen LogP contribution in [0.25, 0.3) is 0 Å². The third-order valence-electron chi connectivity index (χ3n) is 0. The summed E-state index contributed by atoms with van der Waals surface area (Å²) in [4.78, 5) is 0. The summed E-state index contributed by atoms with van der Waals surface area (Å²) in [6, 6.07) is 0. The average molecular weight is 309 g/mol. The van der Waals surface area contributed by atoms with Crippen molar-refractivity contribution < 1.29 is 42.3 Å². The fraction of sp³-hybridized carbons (Fsp3) is 0. The van der Waals surface area contributed by atoms with Crippen molar-refractivity contribution in [2.75, 3.05) is 0 Å². The zero-order chi connectivity index (χ0) is 0. The molecule has 0 fully saturated rings. The largest absolute Gasteiger partial charge is 2.00 e. The van der Waals surface area contributed by atoms with Gasteiger partial charge < -0.3 is 2.85 Å². The summed E-state index contributed by atoms with van der Waals surface area (Å²) in [5.41, 5.74) is 0. The van der Waals surface area contributed by atoms with Gasteiger partial charge in [-0.2, -0.15) is 0 Å². The van der Waals surface area contributed by atoms with E-state index in [1.54, 1.807) is 0 Å². The van der Waals surface area contributed by atoms with E-state index in [2.05, 4.69) is 0 Å². The molecular formula is H4AuFeMgSi. The van der Waals surface area contributed by atoms with E-state index in [0.29, 0.717) is 0 Å². The Bertz CT molecular complexity index is 13.5. The first kappa shape index (κ1) is 34.1. The van der Waals surface area contributed by atoms with Crippen LogP contribution in [0.3, 0.4) is 0 Å². The van der Waals surface area contributed by atoms with E-state index in [4.69, 9.17) is 0 Å². The molecule has 0 aliphatic heterocycles. The Morgan fingerprint density at radius 3 is 1.25 bits per heavy atom. The summed E-state index contributed by atoms with van der Waals surface area (Å²) in [5.74, 6) is 0. The van der Waals surface area contributed by atoms with Gasteiger partial charge in [0, 0.05) is 39.4 Å². The standard InChI is InChI=1S/Au.Fe.Mg.H2Si.2H/h;;;1H2;;/q;;+2;;2*-1. The zero-order valence-electron chi connectivity index (χ0n) is 4.07. The minimum atomic E-state index is 0. The van der Waals surface area contributed by atoms with Crippen LogP contribution in [0.5, 0.6) is 0 Å². The molecule has 0 amide bonds. The maximum absolute atomic E-state index is 0. The van der Waals surface area contributed by atoms with Gasteiger partial charge in [-0.3, -0.25) is 0 Å². The molecule has 0 N–H and O–H groups in total. The molecular weight excluding hydrogens is 305 g/mol. The summed E-state index contributed by atoms with van der Waals surface area (Å²) < 4.78 is 0. The van der Waals surface area contributed by atoms with Crippen molar-refractivity contribution >= 4 is 34.0 Å². The molecule has 4 heteroatoms. The van der Waals surface area contributed by atoms with Gasteiger partial charge in [0.1, 0.15) is 0 Å². The van der Waals surface area contributed by atoms with Gasteiger partial charge >= 0.3 is 23.1 Å². The molecule has 0 aliphatic carbocycles. The van der Waals surface area contributed by atoms with Crippen molar-refractivity contribution in [3.63, 3.8) is 0 Å². The van der Waals surface area contributed by atoms with Crippen LogP contribution in [0.4, 0.5) is 0 Å². The van der Waals surface area contributed by atoms with Gasteiger partial charge in [0.25, 0.3) is 0 Å². The summed E-state index contributed by atoms with van der Waals surface area (Å²) in [5, 5.41) is 0. The SMILES string of the molecule is [Au].[Fe].[H-].[H-].[Mg+2].[SiH2]. The third-order valence-corrected chi connectivity index (χ3v) is 0. The molecule has 0 saturated heterocycles. The maximum Gasteiger partial charge on any atom is 2.00 e. The molecule has 0 saturated carbocycles. The molecule has 0 atom stereocenters. The van der Waals surface area contributed by atoms with Crippen LogP contribution in [0.15, 0.2) is 0 Å². The van der Waals surface area contributed by atoms with Crippen molar-refractivity contribution in [2.24, 2.45) is 0 Å². The second kappa shape index (κ2) is 18.8. The molecule has 0 aromatic rings. The molecule has 0 rings (SSSR count). The van der Waals surface area contributed by atoms with Gasteiger partial charge in [-0.25, -0.2) is 0 Å². The molecule has 0 aromatic carbocycles. The van der Waals surface area contributed by atoms with E-state index in [-0.39, 0.29) is 76.3 Å². The predicted molar refractivity (Wildman–Crippen MR) is 16.5 cm³/mol. The molecule has 4 heavy (non-hydrogen) atoms. The van der Waals surface area contributed by atoms with E-state index in [9.17, 15) is 0 Å². The first-order valence-electron chi connectivity index (χ1n) is 0. The Hall–Kier alpha value is 2.24. The van der Waals surface area contributed by atoms with Gasteiger partial charge in [-0.15, -0.1) is 0 Å². The van der Waals surface area contributed by atoms with E-state index in [1.807, 2.05) is 0 Å². The Balaban J connectivity index is 0. The smallest absolute Gasteiger partial charge is 1.00 e. The Labute approximate surface area is 75.6 Å². The average Bonchev–Trinajstić information content (AvgIpc) is 0. The van der Waals surface area contributed by atoms with E-state index in [1.165, 1.54) is 0 Å². The molecule has 0 unspecified atom stereocenters. The minimum Gasteiger partial charge on any atom is -1.00 e. The molecule has 0 heterocycles. The van der Waals surface area contributed by atoms with Gasteiger partial charge in [0.05, 0.1) is 0 Å². The van der Waals surface area contributed by atoms with Gasteiger partial charge in [-0.05, 0) is 11.0 Å². The molecule has 0 bridgehead atoms. The Kier molecular flexibility index (Phi) is 160. The van der Waals surface area contributed by atoms with Crippen LogP contribution in [0, 0.1) is 0 Å². The second-order valence-corrected chi connectivity index (χ2v) is 0. The van der Waals surface area contributed by atoms with Crippen LogP contribution in [-0.2, 0) is 39.4 Å². The quantitative estimate of drug-likeness (QED) is 0.500. The van der Waals surface area contributed by atoms with E-state index >= 15 is 0 Å². The zero-order valence-corrected chi connectivity index (χ0v) is 8.17. The maximum atomic E-state index is 0. The summed E-state index contributed by atoms with van der Waals surface area (Å²) in [6.07, 6.45) is 0. The topological polar surface area (TPSA) is 0 Å². The van der Waals surface area contributed by atoms with E-state index < -0.39 is 0 Å². The molecule has 0 nitrogen and oxygen atoms in total. The van der Waals surface area contributed by atoms with Crippen LogP contribution < -0.4 is 0 Å². The predicted octanol–water partition coefficient (Wildman–Crippen LogP) is -1.08. The van der Waals surface area contributed by atoms with Gasteiger partial charge in [0.15, 0.2) is 0 Å². The molecule has 0 aromatic heterocycles. The molecule has 0 spiro atoms. The minimum absolute atomic E-state index is 0. The van der Waals surface area contributed by atoms with Crippen LogP contribution in [-0.4, -0.2) is 34.0 Å². The fourth-order valence-corrected chi connectivity index (χ4v) is 0. The third kappa shape index (κ3) is 8.87. The summed E-state index contributed by atoms with van der Waals surface area (Å²) in [6.45, 7) is 0. The second-order valence-electron chi connectivity index (χ2n) is 0. The Morgan fingerprint density at radius 1 is 1.25 bits per heavy atom. The first-order valence-corrected chi connectivity index (χ1v) is 0. The number of hydrogen-bond acceptors (Lipinski definition) is 0. The van der Waals surface area contributed by atoms with E-state index in [0.717, 1.165) is 0 Å². The summed E-state index contributed by atoms with van der Waals surface area (Å²) in [7, 11) is 0. The molecule has 0 aliphatic rings. The van der Waals surface area contributed by atoms with Crippen molar-refractivity contribution in [1.29, 1.82) is 0 Å². The van der Waals surface area contributed by atoms with Crippen molar-refractivity contribution in [2.45, 2.75) is 0 Å². The van der Waals surface area contributed by atoms with Crippen molar-refractivity contribution in [3.8, 4) is 0 Å². The fourth-order valence-electron chi connectivity index (χ4n) is 0. The van der Waals surface area contributed by atoms with Gasteiger partial charge in [0.2, 0.25) is 0 Å². The van der Waals surface area contributed by atoms with Crippen LogP contribution in [0.2, 0.25) is 0 Å². The van der Waals surface area contributed by atoms with Crippen LogP contribution in [0.1, 0.15) is 2.85 Å². The Morgan fingerprint density at radius 2 is 1.25 bits per heavy atom. The van der Waals surface area contributed by atoms with Crippen LogP contribution >= 0.6 is 0 Å². The first-order chi connectivity index (χ1) is 0. The van der Waals surface area contributed by atoms with Crippen molar-refractivity contribution in [1.82, 2.24) is 0 Å². The normalized spacial score (nSPS) is 0. The number of rotatable bonds is 0. The molecule has 29 valence electrons. The van der Waals surface area contributed by atoms with Gasteiger partial charge in [-0.1, -0.05) is 0 Å². The molecule has 3 radical (unpaired) electrons. The monoisotopic (exact) mass is 309 g/mol. The summed E-state index contributed by atoms with van der Waals surface area (Å²) >= 11 is 0. The number of hydrogen-bond donors (Lipinski definition) is 0.